The molecule has 1 aliphatic heterocycles. The minimum Gasteiger partial charge on any atom is -1.00 e. The summed E-state index contributed by atoms with van der Waals surface area (Å²) < 4.78 is 4.98. The molecule has 2 aromatic carbocycles. The van der Waals surface area contributed by atoms with Crippen LogP contribution in [0.25, 0.3) is 0 Å². The van der Waals surface area contributed by atoms with Gasteiger partial charge in [-0.1, -0.05) is 40.2 Å². The molecule has 3 rings (SSSR count). The van der Waals surface area contributed by atoms with Crippen molar-refractivity contribution in [3.8, 4) is 0 Å². The van der Waals surface area contributed by atoms with Crippen molar-refractivity contribution < 1.29 is 50.4 Å². The van der Waals surface area contributed by atoms with E-state index in [4.69, 9.17) is 4.74 Å². The van der Waals surface area contributed by atoms with Gasteiger partial charge in [0.25, 0.3) is 11.4 Å². The molecule has 135 valence electrons. The molecule has 8 nitrogen and oxygen atoms in total. The standard InChI is InChI=1S/C8H6BrNO3.C8H7NO3.B.Na.H/c9-5-8(11)6-3-1-2-4-7(6)10(12)13;10-9(11)7-4-2-1-3-6(7)8-5-12-8;;;/h1-4H,5H2;1-4,8H,5H2;;;/q;;;+1;-1. The van der Waals surface area contributed by atoms with Crippen LogP contribution in [-0.4, -0.2) is 36.0 Å². The molecule has 1 fully saturated rings. The van der Waals surface area contributed by atoms with Gasteiger partial charge in [-0.2, -0.15) is 0 Å². The molecular weight excluding hydrogens is 430 g/mol. The number of halogens is 1. The molecule has 0 aromatic heterocycles. The summed E-state index contributed by atoms with van der Waals surface area (Å²) in [5.74, 6) is -0.285. The summed E-state index contributed by atoms with van der Waals surface area (Å²) in [5.41, 5.74) is 0.832. The number of Topliss-reactive ketones (excluding diaryl/α,β-unsaturated/α-hetero) is 1. The van der Waals surface area contributed by atoms with Gasteiger partial charge in [0, 0.05) is 20.5 Å². The second-order valence-corrected chi connectivity index (χ2v) is 5.53. The van der Waals surface area contributed by atoms with Crippen LogP contribution in [0.3, 0.4) is 0 Å². The van der Waals surface area contributed by atoms with E-state index < -0.39 is 4.92 Å². The first-order valence-corrected chi connectivity index (χ1v) is 8.25. The van der Waals surface area contributed by atoms with Crippen LogP contribution in [0.1, 0.15) is 23.5 Å². The minimum atomic E-state index is -0.560. The number of ketones is 1. The molecular formula is C16H14BBrN2NaO6. The Hall–Kier alpha value is -1.59. The van der Waals surface area contributed by atoms with Gasteiger partial charge in [-0.25, -0.2) is 0 Å². The third-order valence-corrected chi connectivity index (χ3v) is 3.85. The second kappa shape index (κ2) is 12.0. The van der Waals surface area contributed by atoms with Crippen molar-refractivity contribution in [2.45, 2.75) is 6.10 Å². The molecule has 1 heterocycles. The molecule has 1 aliphatic rings. The number of nitro groups is 2. The molecule has 1 saturated heterocycles. The Bertz CT molecular complexity index is 825. The molecule has 0 spiro atoms. The van der Waals surface area contributed by atoms with Crippen molar-refractivity contribution in [2.75, 3.05) is 11.9 Å². The molecule has 1 unspecified atom stereocenters. The molecule has 2 aromatic rings. The van der Waals surface area contributed by atoms with E-state index in [0.717, 1.165) is 0 Å². The van der Waals surface area contributed by atoms with Crippen LogP contribution < -0.4 is 29.6 Å². The van der Waals surface area contributed by atoms with E-state index in [1.807, 2.05) is 0 Å². The van der Waals surface area contributed by atoms with Crippen molar-refractivity contribution in [3.05, 3.63) is 79.9 Å². The fourth-order valence-electron chi connectivity index (χ4n) is 2.09. The number of rotatable bonds is 5. The predicted octanol–water partition coefficient (Wildman–Crippen LogP) is 0.574. The first-order valence-electron chi connectivity index (χ1n) is 7.13. The number of nitrogens with zero attached hydrogens (tertiary/aromatic N) is 2. The molecule has 0 N–H and O–H groups in total. The number of nitro benzene ring substituents is 2. The van der Waals surface area contributed by atoms with Crippen LogP contribution >= 0.6 is 15.9 Å². The fourth-order valence-corrected chi connectivity index (χ4v) is 2.40. The number of para-hydroxylation sites is 2. The van der Waals surface area contributed by atoms with E-state index in [-0.39, 0.29) is 78.5 Å². The molecule has 3 radical (unpaired) electrons. The number of carbonyl (C=O) groups is 1. The van der Waals surface area contributed by atoms with Crippen molar-refractivity contribution in [1.29, 1.82) is 0 Å². The van der Waals surface area contributed by atoms with Crippen LogP contribution in [-0.2, 0) is 4.74 Å². The van der Waals surface area contributed by atoms with E-state index >= 15 is 0 Å². The Morgan fingerprint density at radius 1 is 1.07 bits per heavy atom. The zero-order valence-corrected chi connectivity index (χ0v) is 18.0. The minimum absolute atomic E-state index is 0. The van der Waals surface area contributed by atoms with Crippen molar-refractivity contribution in [1.82, 2.24) is 0 Å². The molecule has 0 aliphatic carbocycles. The number of hydrogen-bond donors (Lipinski definition) is 0. The average molecular weight is 444 g/mol. The average Bonchev–Trinajstić information content (AvgIpc) is 3.46. The van der Waals surface area contributed by atoms with Gasteiger partial charge < -0.3 is 6.16 Å². The summed E-state index contributed by atoms with van der Waals surface area (Å²) in [7, 11) is 0. The van der Waals surface area contributed by atoms with E-state index in [9.17, 15) is 25.0 Å². The third-order valence-electron chi connectivity index (χ3n) is 3.34. The van der Waals surface area contributed by atoms with Crippen molar-refractivity contribution in [3.63, 3.8) is 0 Å². The van der Waals surface area contributed by atoms with Gasteiger partial charge in [0.2, 0.25) is 0 Å². The zero-order chi connectivity index (χ0) is 18.4. The molecule has 0 bridgehead atoms. The Morgan fingerprint density at radius 2 is 1.56 bits per heavy atom. The quantitative estimate of drug-likeness (QED) is 0.166. The van der Waals surface area contributed by atoms with E-state index in [1.165, 1.54) is 24.3 Å². The summed E-state index contributed by atoms with van der Waals surface area (Å²) in [6, 6.07) is 12.6. The van der Waals surface area contributed by atoms with Gasteiger partial charge in [0.15, 0.2) is 5.78 Å². The van der Waals surface area contributed by atoms with E-state index in [2.05, 4.69) is 15.9 Å². The first-order chi connectivity index (χ1) is 12.0. The van der Waals surface area contributed by atoms with Gasteiger partial charge in [0.05, 0.1) is 32.9 Å². The van der Waals surface area contributed by atoms with Crippen LogP contribution in [0.15, 0.2) is 48.5 Å². The summed E-state index contributed by atoms with van der Waals surface area (Å²) in [4.78, 5) is 31.2. The maximum Gasteiger partial charge on any atom is 1.00 e. The number of benzene rings is 2. The van der Waals surface area contributed by atoms with Crippen LogP contribution in [0.4, 0.5) is 11.4 Å². The SMILES string of the molecule is O=C(CBr)c1ccccc1[N+](=O)[O-].O=[N+]([O-])c1ccccc1C1CO1.[B].[H-].[Na+]. The number of hydrogen-bond acceptors (Lipinski definition) is 6. The van der Waals surface area contributed by atoms with Gasteiger partial charge in [-0.3, -0.25) is 25.0 Å². The van der Waals surface area contributed by atoms with Crippen LogP contribution in [0.2, 0.25) is 0 Å². The van der Waals surface area contributed by atoms with Gasteiger partial charge in [0.1, 0.15) is 6.10 Å². The molecule has 11 heteroatoms. The number of alkyl halides is 1. The zero-order valence-electron chi connectivity index (χ0n) is 15.4. The van der Waals surface area contributed by atoms with Gasteiger partial charge in [-0.15, -0.1) is 0 Å². The topological polar surface area (TPSA) is 116 Å². The number of carbonyl (C=O) groups excluding carboxylic acids is 1. The number of epoxide rings is 1. The molecule has 27 heavy (non-hydrogen) atoms. The second-order valence-electron chi connectivity index (χ2n) is 4.97. The number of ether oxygens (including phenoxy) is 1. The fraction of sp³-hybridized carbons (Fsp3) is 0.188. The van der Waals surface area contributed by atoms with Crippen molar-refractivity contribution in [2.24, 2.45) is 0 Å². The first kappa shape index (κ1) is 25.4. The monoisotopic (exact) mass is 443 g/mol. The maximum atomic E-state index is 11.2. The van der Waals surface area contributed by atoms with Crippen LogP contribution in [0.5, 0.6) is 0 Å². The molecule has 0 amide bonds. The Labute approximate surface area is 189 Å². The summed E-state index contributed by atoms with van der Waals surface area (Å²) in [5, 5.41) is 21.1. The van der Waals surface area contributed by atoms with Crippen molar-refractivity contribution >= 4 is 41.5 Å². The molecule has 0 saturated carbocycles. The normalized spacial score (nSPS) is 13.7. The van der Waals surface area contributed by atoms with E-state index in [1.54, 1.807) is 24.3 Å². The summed E-state index contributed by atoms with van der Waals surface area (Å²) >= 11 is 2.96. The van der Waals surface area contributed by atoms with Crippen LogP contribution in [0, 0.1) is 20.2 Å². The third kappa shape index (κ3) is 7.15. The van der Waals surface area contributed by atoms with E-state index in [0.29, 0.717) is 12.2 Å². The predicted molar refractivity (Wildman–Crippen MR) is 99.9 cm³/mol. The largest absolute Gasteiger partial charge is 1.00 e. The Morgan fingerprint density at radius 3 is 2.04 bits per heavy atom. The van der Waals surface area contributed by atoms with Gasteiger partial charge >= 0.3 is 29.6 Å². The van der Waals surface area contributed by atoms with Gasteiger partial charge in [-0.05, 0) is 12.1 Å². The Kier molecular flexibility index (Phi) is 11.3. The summed E-state index contributed by atoms with van der Waals surface area (Å²) in [6.07, 6.45) is -0.0494. The summed E-state index contributed by atoms with van der Waals surface area (Å²) in [6.45, 7) is 0.602. The molecule has 1 atom stereocenters. The Balaban J connectivity index is 0. The smallest absolute Gasteiger partial charge is 1.00 e. The maximum absolute atomic E-state index is 11.2.